The standard InChI is InChI=1S/C20H30O7/c1-9(2)13-11(4)19(26)15(14(13)23)17(8-21)7-12(22)27-20(19)16(24)10(3)5-6-18(17,20)25/h9-10,14-16,21,23-26H,5-8H2,1-4H3. The van der Waals surface area contributed by atoms with E-state index in [4.69, 9.17) is 4.74 Å². The molecule has 0 aromatic carbocycles. The summed E-state index contributed by atoms with van der Waals surface area (Å²) in [6, 6.07) is 0. The van der Waals surface area contributed by atoms with E-state index >= 15 is 0 Å². The van der Waals surface area contributed by atoms with Gasteiger partial charge in [0, 0.05) is 11.3 Å². The topological polar surface area (TPSA) is 127 Å². The minimum absolute atomic E-state index is 0.0931. The molecule has 27 heavy (non-hydrogen) atoms. The Balaban J connectivity index is 2.11. The summed E-state index contributed by atoms with van der Waals surface area (Å²) in [5.74, 6) is -2.15. The van der Waals surface area contributed by atoms with Crippen LogP contribution in [0.2, 0.25) is 0 Å². The number of esters is 1. The molecular formula is C20H30O7. The van der Waals surface area contributed by atoms with Gasteiger partial charge in [-0.1, -0.05) is 20.8 Å². The van der Waals surface area contributed by atoms with Crippen molar-refractivity contribution >= 4 is 5.97 Å². The number of hydrogen-bond donors (Lipinski definition) is 5. The molecule has 3 fully saturated rings. The minimum Gasteiger partial charge on any atom is -0.450 e. The van der Waals surface area contributed by atoms with Crippen molar-refractivity contribution in [2.75, 3.05) is 6.61 Å². The van der Waals surface area contributed by atoms with Gasteiger partial charge in [-0.05, 0) is 42.7 Å². The molecule has 0 aromatic heterocycles. The average Bonchev–Trinajstić information content (AvgIpc) is 2.83. The Morgan fingerprint density at radius 1 is 1.26 bits per heavy atom. The van der Waals surface area contributed by atoms with Crippen molar-refractivity contribution in [3.8, 4) is 0 Å². The third-order valence-electron chi connectivity index (χ3n) is 8.24. The first-order chi connectivity index (χ1) is 12.5. The predicted molar refractivity (Wildman–Crippen MR) is 94.3 cm³/mol. The second-order valence-electron chi connectivity index (χ2n) is 9.45. The van der Waals surface area contributed by atoms with Crippen molar-refractivity contribution in [1.29, 1.82) is 0 Å². The van der Waals surface area contributed by atoms with Crippen LogP contribution in [-0.2, 0) is 9.53 Å². The number of carbonyl (C=O) groups is 1. The van der Waals surface area contributed by atoms with Gasteiger partial charge in [0.05, 0.1) is 19.1 Å². The Bertz CT molecular complexity index is 732. The fraction of sp³-hybridized carbons (Fsp3) is 0.850. The van der Waals surface area contributed by atoms with Crippen LogP contribution < -0.4 is 0 Å². The van der Waals surface area contributed by atoms with Crippen molar-refractivity contribution in [3.05, 3.63) is 11.1 Å². The van der Waals surface area contributed by atoms with Crippen molar-refractivity contribution < 1.29 is 35.1 Å². The van der Waals surface area contributed by atoms with Gasteiger partial charge in [0.25, 0.3) is 0 Å². The van der Waals surface area contributed by atoms with Gasteiger partial charge < -0.3 is 30.3 Å². The number of ether oxygens (including phenoxy) is 1. The van der Waals surface area contributed by atoms with Gasteiger partial charge in [0.15, 0.2) is 5.60 Å². The van der Waals surface area contributed by atoms with Crippen LogP contribution in [0.25, 0.3) is 0 Å². The largest absolute Gasteiger partial charge is 0.450 e. The highest BCUT2D eigenvalue weighted by atomic mass is 16.6. The van der Waals surface area contributed by atoms with Crippen LogP contribution in [0.15, 0.2) is 11.1 Å². The van der Waals surface area contributed by atoms with E-state index in [0.29, 0.717) is 17.6 Å². The molecule has 7 heteroatoms. The molecule has 0 spiro atoms. The molecule has 8 unspecified atom stereocenters. The van der Waals surface area contributed by atoms with Crippen LogP contribution in [0.5, 0.6) is 0 Å². The van der Waals surface area contributed by atoms with Gasteiger partial charge in [-0.15, -0.1) is 0 Å². The summed E-state index contributed by atoms with van der Waals surface area (Å²) in [4.78, 5) is 12.6. The summed E-state index contributed by atoms with van der Waals surface area (Å²) < 4.78 is 5.70. The Hall–Kier alpha value is -0.990. The molecule has 1 aliphatic heterocycles. The zero-order valence-corrected chi connectivity index (χ0v) is 16.3. The molecule has 1 heterocycles. The first kappa shape index (κ1) is 19.3. The number of aliphatic hydroxyl groups is 5. The third kappa shape index (κ3) is 1.67. The van der Waals surface area contributed by atoms with E-state index in [0.717, 1.165) is 0 Å². The summed E-state index contributed by atoms with van der Waals surface area (Å²) in [5, 5.41) is 56.8. The highest BCUT2D eigenvalue weighted by Crippen LogP contribution is 2.75. The molecule has 2 saturated carbocycles. The van der Waals surface area contributed by atoms with E-state index in [1.807, 2.05) is 13.8 Å². The molecule has 4 rings (SSSR count). The van der Waals surface area contributed by atoms with Gasteiger partial charge in [-0.3, -0.25) is 4.79 Å². The van der Waals surface area contributed by atoms with E-state index < -0.39 is 52.9 Å². The van der Waals surface area contributed by atoms with Crippen LogP contribution in [0.1, 0.15) is 47.0 Å². The van der Waals surface area contributed by atoms with Crippen molar-refractivity contribution in [1.82, 2.24) is 0 Å². The van der Waals surface area contributed by atoms with Crippen molar-refractivity contribution in [3.63, 3.8) is 0 Å². The predicted octanol–water partition coefficient (Wildman–Crippen LogP) is -0.119. The van der Waals surface area contributed by atoms with E-state index in [1.54, 1.807) is 13.8 Å². The van der Waals surface area contributed by atoms with Crippen LogP contribution >= 0.6 is 0 Å². The molecule has 7 nitrogen and oxygen atoms in total. The van der Waals surface area contributed by atoms with Crippen molar-refractivity contribution in [2.24, 2.45) is 23.2 Å². The lowest BCUT2D eigenvalue weighted by Crippen LogP contribution is -2.77. The Labute approximate surface area is 158 Å². The maximum absolute atomic E-state index is 12.6. The Kier molecular flexibility index (Phi) is 3.82. The van der Waals surface area contributed by atoms with E-state index in [1.165, 1.54) is 0 Å². The van der Waals surface area contributed by atoms with Crippen LogP contribution in [0, 0.1) is 23.2 Å². The highest BCUT2D eigenvalue weighted by Gasteiger charge is 2.91. The van der Waals surface area contributed by atoms with Crippen LogP contribution in [0.4, 0.5) is 0 Å². The fourth-order valence-electron chi connectivity index (χ4n) is 7.15. The summed E-state index contributed by atoms with van der Waals surface area (Å²) in [7, 11) is 0. The lowest BCUT2D eigenvalue weighted by molar-refractivity contribution is -0.311. The SMILES string of the molecule is CC1=C(C(C)C)C(O)C2C3(CO)CC(=O)OC4(C(O)C(C)CCC34O)C12O. The summed E-state index contributed by atoms with van der Waals surface area (Å²) in [6.45, 7) is 6.64. The zero-order chi connectivity index (χ0) is 20.2. The normalized spacial score (nSPS) is 54.2. The molecule has 8 atom stereocenters. The average molecular weight is 382 g/mol. The van der Waals surface area contributed by atoms with Crippen molar-refractivity contribution in [2.45, 2.75) is 76.0 Å². The molecule has 3 aliphatic carbocycles. The molecule has 0 radical (unpaired) electrons. The van der Waals surface area contributed by atoms with Crippen LogP contribution in [0.3, 0.4) is 0 Å². The Morgan fingerprint density at radius 2 is 1.89 bits per heavy atom. The molecule has 1 saturated heterocycles. The van der Waals surface area contributed by atoms with Gasteiger partial charge in [0.2, 0.25) is 0 Å². The fourth-order valence-corrected chi connectivity index (χ4v) is 7.15. The third-order valence-corrected chi connectivity index (χ3v) is 8.24. The molecule has 2 bridgehead atoms. The van der Waals surface area contributed by atoms with Gasteiger partial charge >= 0.3 is 5.97 Å². The number of hydrogen-bond acceptors (Lipinski definition) is 7. The maximum Gasteiger partial charge on any atom is 0.307 e. The lowest BCUT2D eigenvalue weighted by Gasteiger charge is -2.60. The zero-order valence-electron chi connectivity index (χ0n) is 16.3. The molecule has 5 N–H and O–H groups in total. The van der Waals surface area contributed by atoms with Gasteiger partial charge in [-0.2, -0.15) is 0 Å². The highest BCUT2D eigenvalue weighted by molar-refractivity contribution is 5.76. The first-order valence-electron chi connectivity index (χ1n) is 9.81. The number of carbonyl (C=O) groups excluding carboxylic acids is 1. The quantitative estimate of drug-likeness (QED) is 0.333. The molecule has 4 aliphatic rings. The van der Waals surface area contributed by atoms with Gasteiger partial charge in [0.1, 0.15) is 17.3 Å². The van der Waals surface area contributed by atoms with Gasteiger partial charge in [-0.25, -0.2) is 0 Å². The number of fused-ring (bicyclic) bond motifs is 2. The first-order valence-corrected chi connectivity index (χ1v) is 9.81. The van der Waals surface area contributed by atoms with Crippen LogP contribution in [-0.4, -0.2) is 67.1 Å². The Morgan fingerprint density at radius 3 is 2.44 bits per heavy atom. The summed E-state index contributed by atoms with van der Waals surface area (Å²) >= 11 is 0. The summed E-state index contributed by atoms with van der Waals surface area (Å²) in [5.41, 5.74) is -6.25. The molecular weight excluding hydrogens is 352 g/mol. The molecule has 0 aromatic rings. The maximum atomic E-state index is 12.6. The van der Waals surface area contributed by atoms with E-state index in [-0.39, 0.29) is 24.7 Å². The monoisotopic (exact) mass is 382 g/mol. The minimum atomic E-state index is -2.01. The smallest absolute Gasteiger partial charge is 0.307 e. The van der Waals surface area contributed by atoms with E-state index in [2.05, 4.69) is 0 Å². The second-order valence-corrected chi connectivity index (χ2v) is 9.45. The van der Waals surface area contributed by atoms with E-state index in [9.17, 15) is 30.3 Å². The lowest BCUT2D eigenvalue weighted by atomic mass is 9.55. The summed E-state index contributed by atoms with van der Waals surface area (Å²) in [6.07, 6.45) is -2.17. The second kappa shape index (κ2) is 5.33. The molecule has 152 valence electrons. The number of aliphatic hydroxyl groups excluding tert-OH is 3. The molecule has 0 amide bonds. The number of rotatable bonds is 2.